The van der Waals surface area contributed by atoms with Crippen molar-refractivity contribution in [1.82, 2.24) is 4.72 Å². The third-order valence-electron chi connectivity index (χ3n) is 4.70. The Hall–Kier alpha value is -3.43. The van der Waals surface area contributed by atoms with Gasteiger partial charge in [0.25, 0.3) is 5.91 Å². The fourth-order valence-corrected chi connectivity index (χ4v) is 4.06. The topological polar surface area (TPSA) is 93.7 Å². The summed E-state index contributed by atoms with van der Waals surface area (Å²) in [5, 5.41) is 2.54. The van der Waals surface area contributed by atoms with Gasteiger partial charge >= 0.3 is 0 Å². The van der Waals surface area contributed by atoms with E-state index < -0.39 is 27.3 Å². The molecule has 168 valence electrons. The summed E-state index contributed by atoms with van der Waals surface area (Å²) in [5.41, 5.74) is 0.813. The number of halogens is 1. The number of carbonyl (C=O) groups is 1. The summed E-state index contributed by atoms with van der Waals surface area (Å²) < 4.78 is 52.5. The standard InChI is InChI=1S/C23H23FN2O5S/c1-30-17-8-11-22(31-2)21(14-17)26-23(27)19-15-18(9-10-20(19)24)32(28,29)25-13-12-16-6-4-3-5-7-16/h3-11,14-15,25H,12-13H2,1-2H3,(H,26,27). The maximum absolute atomic E-state index is 14.4. The summed E-state index contributed by atoms with van der Waals surface area (Å²) >= 11 is 0. The number of hydrogen-bond donors (Lipinski definition) is 2. The normalized spacial score (nSPS) is 11.1. The highest BCUT2D eigenvalue weighted by Crippen LogP contribution is 2.29. The SMILES string of the molecule is COc1ccc(OC)c(NC(=O)c2cc(S(=O)(=O)NCCc3ccccc3)ccc2F)c1. The maximum atomic E-state index is 14.4. The number of sulfonamides is 1. The largest absolute Gasteiger partial charge is 0.497 e. The van der Waals surface area contributed by atoms with Crippen molar-refractivity contribution in [2.24, 2.45) is 0 Å². The van der Waals surface area contributed by atoms with Gasteiger partial charge in [-0.1, -0.05) is 30.3 Å². The van der Waals surface area contributed by atoms with E-state index in [1.54, 1.807) is 12.1 Å². The van der Waals surface area contributed by atoms with Crippen molar-refractivity contribution in [2.45, 2.75) is 11.3 Å². The van der Waals surface area contributed by atoms with Gasteiger partial charge in [-0.3, -0.25) is 4.79 Å². The van der Waals surface area contributed by atoms with Gasteiger partial charge in [0.1, 0.15) is 17.3 Å². The molecule has 0 bridgehead atoms. The summed E-state index contributed by atoms with van der Waals surface area (Å²) in [6.07, 6.45) is 0.490. The van der Waals surface area contributed by atoms with E-state index in [-0.39, 0.29) is 17.1 Å². The van der Waals surface area contributed by atoms with E-state index in [2.05, 4.69) is 10.0 Å². The van der Waals surface area contributed by atoms with Crippen molar-refractivity contribution < 1.29 is 27.1 Å². The minimum absolute atomic E-state index is 0.159. The summed E-state index contributed by atoms with van der Waals surface area (Å²) in [5.74, 6) is -0.880. The van der Waals surface area contributed by atoms with Crippen molar-refractivity contribution in [3.05, 3.63) is 83.7 Å². The molecule has 0 aliphatic rings. The van der Waals surface area contributed by atoms with E-state index in [1.807, 2.05) is 30.3 Å². The van der Waals surface area contributed by atoms with Crippen LogP contribution in [0.1, 0.15) is 15.9 Å². The van der Waals surface area contributed by atoms with Gasteiger partial charge in [-0.25, -0.2) is 17.5 Å². The number of rotatable bonds is 9. The monoisotopic (exact) mass is 458 g/mol. The molecule has 0 spiro atoms. The van der Waals surface area contributed by atoms with Crippen LogP contribution in [0.25, 0.3) is 0 Å². The quantitative estimate of drug-likeness (QED) is 0.511. The second-order valence-electron chi connectivity index (χ2n) is 6.80. The molecule has 1 amide bonds. The first-order valence-corrected chi connectivity index (χ1v) is 11.2. The summed E-state index contributed by atoms with van der Waals surface area (Å²) in [6, 6.07) is 17.2. The van der Waals surface area contributed by atoms with Crippen LogP contribution in [0.5, 0.6) is 11.5 Å². The summed E-state index contributed by atoms with van der Waals surface area (Å²) in [7, 11) is -1.05. The lowest BCUT2D eigenvalue weighted by atomic mass is 10.2. The van der Waals surface area contributed by atoms with Crippen LogP contribution >= 0.6 is 0 Å². The number of ether oxygens (including phenoxy) is 2. The lowest BCUT2D eigenvalue weighted by Crippen LogP contribution is -2.26. The zero-order chi connectivity index (χ0) is 23.1. The Balaban J connectivity index is 1.78. The zero-order valence-corrected chi connectivity index (χ0v) is 18.4. The Bertz CT molecular complexity index is 1200. The lowest BCUT2D eigenvalue weighted by molar-refractivity contribution is 0.102. The smallest absolute Gasteiger partial charge is 0.258 e. The molecule has 2 N–H and O–H groups in total. The molecule has 0 heterocycles. The summed E-state index contributed by atoms with van der Waals surface area (Å²) in [6.45, 7) is 0.159. The highest BCUT2D eigenvalue weighted by atomic mass is 32.2. The number of carbonyl (C=O) groups excluding carboxylic acids is 1. The van der Waals surface area contributed by atoms with Crippen LogP contribution in [-0.2, 0) is 16.4 Å². The number of hydrogen-bond acceptors (Lipinski definition) is 5. The second-order valence-corrected chi connectivity index (χ2v) is 8.56. The van der Waals surface area contributed by atoms with Gasteiger partial charge in [-0.05, 0) is 42.3 Å². The molecule has 3 aromatic rings. The van der Waals surface area contributed by atoms with Crippen molar-refractivity contribution in [2.75, 3.05) is 26.1 Å². The highest BCUT2D eigenvalue weighted by Gasteiger charge is 2.20. The minimum Gasteiger partial charge on any atom is -0.497 e. The van der Waals surface area contributed by atoms with Gasteiger partial charge in [-0.2, -0.15) is 0 Å². The Morgan fingerprint density at radius 2 is 1.72 bits per heavy atom. The van der Waals surface area contributed by atoms with Crippen molar-refractivity contribution >= 4 is 21.6 Å². The van der Waals surface area contributed by atoms with Crippen molar-refractivity contribution in [3.8, 4) is 11.5 Å². The minimum atomic E-state index is -3.94. The van der Waals surface area contributed by atoms with Gasteiger partial charge in [0, 0.05) is 12.6 Å². The molecule has 0 aliphatic heterocycles. The average molecular weight is 459 g/mol. The third-order valence-corrected chi connectivity index (χ3v) is 6.15. The first kappa shape index (κ1) is 23.2. The molecule has 0 saturated heterocycles. The van der Waals surface area contributed by atoms with Crippen LogP contribution in [0.4, 0.5) is 10.1 Å². The molecule has 3 aromatic carbocycles. The molecule has 0 atom stereocenters. The molecule has 3 rings (SSSR count). The van der Waals surface area contributed by atoms with Crippen LogP contribution in [0.3, 0.4) is 0 Å². The van der Waals surface area contributed by atoms with E-state index >= 15 is 0 Å². The van der Waals surface area contributed by atoms with Crippen LogP contribution in [0.15, 0.2) is 71.6 Å². The van der Waals surface area contributed by atoms with E-state index in [4.69, 9.17) is 9.47 Å². The third kappa shape index (κ3) is 5.63. The highest BCUT2D eigenvalue weighted by molar-refractivity contribution is 7.89. The molecular formula is C23H23FN2O5S. The molecule has 0 fully saturated rings. The number of amides is 1. The van der Waals surface area contributed by atoms with Crippen LogP contribution in [0.2, 0.25) is 0 Å². The van der Waals surface area contributed by atoms with Gasteiger partial charge in [0.2, 0.25) is 10.0 Å². The Labute approximate surface area is 186 Å². The summed E-state index contributed by atoms with van der Waals surface area (Å²) in [4.78, 5) is 12.5. The lowest BCUT2D eigenvalue weighted by Gasteiger charge is -2.13. The number of nitrogens with one attached hydrogen (secondary N) is 2. The fourth-order valence-electron chi connectivity index (χ4n) is 3.00. The van der Waals surface area contributed by atoms with Crippen molar-refractivity contribution in [3.63, 3.8) is 0 Å². The van der Waals surface area contributed by atoms with Crippen LogP contribution in [0, 0.1) is 5.82 Å². The predicted octanol–water partition coefficient (Wildman–Crippen LogP) is 3.62. The van der Waals surface area contributed by atoms with Crippen molar-refractivity contribution in [1.29, 1.82) is 0 Å². The van der Waals surface area contributed by atoms with Gasteiger partial charge in [0.05, 0.1) is 30.4 Å². The first-order chi connectivity index (χ1) is 15.3. The van der Waals surface area contributed by atoms with Crippen LogP contribution in [-0.4, -0.2) is 35.1 Å². The van der Waals surface area contributed by atoms with Gasteiger partial charge in [-0.15, -0.1) is 0 Å². The Kier molecular flexibility index (Phi) is 7.45. The van der Waals surface area contributed by atoms with E-state index in [1.165, 1.54) is 20.3 Å². The van der Waals surface area contributed by atoms with Gasteiger partial charge in [0.15, 0.2) is 0 Å². The fraction of sp³-hybridized carbons (Fsp3) is 0.174. The predicted molar refractivity (Wildman–Crippen MR) is 119 cm³/mol. The van der Waals surface area contributed by atoms with E-state index in [0.29, 0.717) is 17.9 Å². The first-order valence-electron chi connectivity index (χ1n) is 9.70. The molecule has 0 unspecified atom stereocenters. The zero-order valence-electron chi connectivity index (χ0n) is 17.6. The number of benzene rings is 3. The van der Waals surface area contributed by atoms with E-state index in [9.17, 15) is 17.6 Å². The van der Waals surface area contributed by atoms with Crippen LogP contribution < -0.4 is 19.5 Å². The molecule has 0 aliphatic carbocycles. The second kappa shape index (κ2) is 10.3. The van der Waals surface area contributed by atoms with Gasteiger partial charge < -0.3 is 14.8 Å². The molecule has 9 heteroatoms. The number of anilines is 1. The molecule has 0 radical (unpaired) electrons. The average Bonchev–Trinajstić information content (AvgIpc) is 2.79. The molecule has 0 saturated carbocycles. The molecular weight excluding hydrogens is 435 g/mol. The Morgan fingerprint density at radius 1 is 0.969 bits per heavy atom. The Morgan fingerprint density at radius 3 is 2.41 bits per heavy atom. The maximum Gasteiger partial charge on any atom is 0.258 e. The number of methoxy groups -OCH3 is 2. The van der Waals surface area contributed by atoms with E-state index in [0.717, 1.165) is 23.8 Å². The molecule has 0 aromatic heterocycles. The molecule has 32 heavy (non-hydrogen) atoms. The molecule has 7 nitrogen and oxygen atoms in total.